The molecule has 0 aliphatic rings. The molecule has 98 valence electrons. The van der Waals surface area contributed by atoms with Crippen LogP contribution in [0.5, 0.6) is 0 Å². The van der Waals surface area contributed by atoms with E-state index in [0.29, 0.717) is 6.54 Å². The van der Waals surface area contributed by atoms with Crippen LogP contribution in [0.25, 0.3) is 0 Å². The average molecular weight is 268 g/mol. The lowest BCUT2D eigenvalue weighted by atomic mass is 10.1. The highest BCUT2D eigenvalue weighted by Gasteiger charge is 2.17. The van der Waals surface area contributed by atoms with Crippen molar-refractivity contribution >= 4 is 24.2 Å². The maximum Gasteiger partial charge on any atom is 0.269 e. The fourth-order valence-corrected chi connectivity index (χ4v) is 1.42. The van der Waals surface area contributed by atoms with E-state index in [4.69, 9.17) is 0 Å². The number of thiol groups is 1. The zero-order chi connectivity index (χ0) is 13.7. The van der Waals surface area contributed by atoms with E-state index in [0.717, 1.165) is 5.56 Å². The molecule has 0 saturated heterocycles. The number of amides is 1. The average Bonchev–Trinajstić information content (AvgIpc) is 2.35. The molecule has 1 amide bonds. The van der Waals surface area contributed by atoms with Crippen LogP contribution in [-0.4, -0.2) is 16.1 Å². The van der Waals surface area contributed by atoms with Crippen molar-refractivity contribution in [2.75, 3.05) is 0 Å². The van der Waals surface area contributed by atoms with Crippen LogP contribution >= 0.6 is 12.6 Å². The predicted octanol–water partition coefficient (Wildman–Crippen LogP) is 2.17. The monoisotopic (exact) mass is 268 g/mol. The molecule has 0 heterocycles. The molecule has 0 radical (unpaired) electrons. The zero-order valence-electron chi connectivity index (χ0n) is 10.3. The Morgan fingerprint density at radius 3 is 2.39 bits per heavy atom. The van der Waals surface area contributed by atoms with Crippen molar-refractivity contribution < 1.29 is 9.72 Å². The van der Waals surface area contributed by atoms with Gasteiger partial charge >= 0.3 is 0 Å². The van der Waals surface area contributed by atoms with Gasteiger partial charge < -0.3 is 5.32 Å². The molecule has 0 aromatic heterocycles. The Labute approximate surface area is 111 Å². The predicted molar refractivity (Wildman–Crippen MR) is 72.6 cm³/mol. The first-order chi connectivity index (χ1) is 8.41. The van der Waals surface area contributed by atoms with Crippen LogP contribution < -0.4 is 5.32 Å². The summed E-state index contributed by atoms with van der Waals surface area (Å²) >= 11 is 4.21. The summed E-state index contributed by atoms with van der Waals surface area (Å²) in [6.07, 6.45) is 0. The van der Waals surface area contributed by atoms with E-state index in [2.05, 4.69) is 17.9 Å². The molecule has 0 aliphatic carbocycles. The van der Waals surface area contributed by atoms with E-state index in [1.807, 2.05) is 13.8 Å². The number of hydrogen-bond acceptors (Lipinski definition) is 4. The van der Waals surface area contributed by atoms with Crippen LogP contribution in [0.4, 0.5) is 5.69 Å². The van der Waals surface area contributed by atoms with Gasteiger partial charge in [-0.05, 0) is 11.5 Å². The minimum atomic E-state index is -0.453. The summed E-state index contributed by atoms with van der Waals surface area (Å²) in [4.78, 5) is 21.7. The molecule has 1 rings (SSSR count). The van der Waals surface area contributed by atoms with Crippen LogP contribution in [0.15, 0.2) is 24.3 Å². The molecular formula is C12H16N2O3S. The van der Waals surface area contributed by atoms with Gasteiger partial charge in [-0.25, -0.2) is 0 Å². The van der Waals surface area contributed by atoms with Crippen molar-refractivity contribution in [3.05, 3.63) is 39.9 Å². The molecular weight excluding hydrogens is 252 g/mol. The molecule has 0 aliphatic heterocycles. The van der Waals surface area contributed by atoms with Crippen LogP contribution in [0, 0.1) is 16.0 Å². The van der Waals surface area contributed by atoms with E-state index >= 15 is 0 Å². The van der Waals surface area contributed by atoms with Gasteiger partial charge in [-0.15, -0.1) is 0 Å². The number of nitrogens with one attached hydrogen (secondary N) is 1. The van der Waals surface area contributed by atoms with Crippen molar-refractivity contribution in [3.63, 3.8) is 0 Å². The summed E-state index contributed by atoms with van der Waals surface area (Å²) in [6, 6.07) is 6.09. The highest BCUT2D eigenvalue weighted by molar-refractivity contribution is 7.81. The van der Waals surface area contributed by atoms with Crippen molar-refractivity contribution in [3.8, 4) is 0 Å². The zero-order valence-corrected chi connectivity index (χ0v) is 11.2. The first-order valence-electron chi connectivity index (χ1n) is 5.61. The molecule has 0 fully saturated rings. The van der Waals surface area contributed by atoms with Gasteiger partial charge in [0, 0.05) is 18.7 Å². The standard InChI is InChI=1S/C12H16N2O3S/c1-8(2)11(18)12(15)13-7-9-3-5-10(6-4-9)14(16)17/h3-6,8,11,18H,7H2,1-2H3,(H,13,15). The molecule has 6 heteroatoms. The van der Waals surface area contributed by atoms with Crippen molar-refractivity contribution in [2.45, 2.75) is 25.6 Å². The number of nitrogens with zero attached hydrogens (tertiary/aromatic N) is 1. The number of nitro benzene ring substituents is 1. The lowest BCUT2D eigenvalue weighted by Gasteiger charge is -2.14. The van der Waals surface area contributed by atoms with Gasteiger partial charge in [0.15, 0.2) is 0 Å². The van der Waals surface area contributed by atoms with Crippen LogP contribution in [0.3, 0.4) is 0 Å². The number of rotatable bonds is 5. The second-order valence-electron chi connectivity index (χ2n) is 4.33. The van der Waals surface area contributed by atoms with Gasteiger partial charge in [-0.1, -0.05) is 26.0 Å². The lowest BCUT2D eigenvalue weighted by Crippen LogP contribution is -2.33. The van der Waals surface area contributed by atoms with Crippen LogP contribution in [0.1, 0.15) is 19.4 Å². The number of benzene rings is 1. The van der Waals surface area contributed by atoms with Crippen LogP contribution in [0.2, 0.25) is 0 Å². The topological polar surface area (TPSA) is 72.2 Å². The fourth-order valence-electron chi connectivity index (χ4n) is 1.33. The summed E-state index contributed by atoms with van der Waals surface area (Å²) < 4.78 is 0. The smallest absolute Gasteiger partial charge is 0.269 e. The molecule has 18 heavy (non-hydrogen) atoms. The highest BCUT2D eigenvalue weighted by atomic mass is 32.1. The second-order valence-corrected chi connectivity index (χ2v) is 4.89. The lowest BCUT2D eigenvalue weighted by molar-refractivity contribution is -0.384. The Bertz CT molecular complexity index is 431. The van der Waals surface area contributed by atoms with Gasteiger partial charge in [-0.2, -0.15) is 12.6 Å². The van der Waals surface area contributed by atoms with Crippen molar-refractivity contribution in [2.24, 2.45) is 5.92 Å². The molecule has 1 N–H and O–H groups in total. The van der Waals surface area contributed by atoms with Gasteiger partial charge in [0.1, 0.15) is 0 Å². The van der Waals surface area contributed by atoms with E-state index in [1.54, 1.807) is 12.1 Å². The van der Waals surface area contributed by atoms with E-state index in [9.17, 15) is 14.9 Å². The quantitative estimate of drug-likeness (QED) is 0.488. The number of carbonyl (C=O) groups is 1. The third-order valence-electron chi connectivity index (χ3n) is 2.51. The first kappa shape index (κ1) is 14.5. The first-order valence-corrected chi connectivity index (χ1v) is 6.12. The maximum absolute atomic E-state index is 11.6. The summed E-state index contributed by atoms with van der Waals surface area (Å²) in [6.45, 7) is 4.19. The number of carbonyl (C=O) groups excluding carboxylic acids is 1. The third kappa shape index (κ3) is 4.03. The largest absolute Gasteiger partial charge is 0.351 e. The third-order valence-corrected chi connectivity index (χ3v) is 3.34. The molecule has 1 unspecified atom stereocenters. The van der Waals surface area contributed by atoms with E-state index < -0.39 is 4.92 Å². The molecule has 0 bridgehead atoms. The minimum absolute atomic E-state index is 0.0410. The highest BCUT2D eigenvalue weighted by Crippen LogP contribution is 2.12. The number of hydrogen-bond donors (Lipinski definition) is 2. The Morgan fingerprint density at radius 2 is 1.94 bits per heavy atom. The van der Waals surface area contributed by atoms with Crippen molar-refractivity contribution in [1.29, 1.82) is 0 Å². The summed E-state index contributed by atoms with van der Waals surface area (Å²) in [5.74, 6) is 0.0249. The number of nitro groups is 1. The molecule has 1 atom stereocenters. The summed E-state index contributed by atoms with van der Waals surface area (Å²) in [7, 11) is 0. The van der Waals surface area contributed by atoms with Gasteiger partial charge in [0.2, 0.25) is 5.91 Å². The normalized spacial score (nSPS) is 12.2. The Morgan fingerprint density at radius 1 is 1.39 bits per heavy atom. The molecule has 0 spiro atoms. The number of non-ortho nitro benzene ring substituents is 1. The Hall–Kier alpha value is -1.56. The maximum atomic E-state index is 11.6. The Kier molecular flexibility index (Phi) is 5.15. The summed E-state index contributed by atoms with van der Waals surface area (Å²) in [5, 5.41) is 12.9. The molecule has 1 aromatic rings. The molecule has 5 nitrogen and oxygen atoms in total. The van der Waals surface area contributed by atoms with Gasteiger partial charge in [-0.3, -0.25) is 14.9 Å². The van der Waals surface area contributed by atoms with Crippen molar-refractivity contribution in [1.82, 2.24) is 5.32 Å². The Balaban J connectivity index is 2.54. The SMILES string of the molecule is CC(C)C(S)C(=O)NCc1ccc([N+](=O)[O-])cc1. The van der Waals surface area contributed by atoms with Gasteiger partial charge in [0.05, 0.1) is 10.2 Å². The second kappa shape index (κ2) is 6.39. The van der Waals surface area contributed by atoms with Crippen LogP contribution in [-0.2, 0) is 11.3 Å². The molecule has 0 saturated carbocycles. The van der Waals surface area contributed by atoms with E-state index in [1.165, 1.54) is 12.1 Å². The van der Waals surface area contributed by atoms with Gasteiger partial charge in [0.25, 0.3) is 5.69 Å². The molecule has 1 aromatic carbocycles. The fraction of sp³-hybridized carbons (Fsp3) is 0.417. The van der Waals surface area contributed by atoms with E-state index in [-0.39, 0.29) is 22.8 Å². The minimum Gasteiger partial charge on any atom is -0.351 e. The summed E-state index contributed by atoms with van der Waals surface area (Å²) in [5.41, 5.74) is 0.859.